The van der Waals surface area contributed by atoms with E-state index in [9.17, 15) is 9.90 Å². The maximum atomic E-state index is 11.9. The predicted molar refractivity (Wildman–Crippen MR) is 94.1 cm³/mol. The largest absolute Gasteiger partial charge is 0.489 e. The average molecular weight is 332 g/mol. The van der Waals surface area contributed by atoms with E-state index in [0.717, 1.165) is 31.8 Å². The minimum Gasteiger partial charge on any atom is -0.489 e. The second-order valence-corrected chi connectivity index (χ2v) is 7.21. The number of likely N-dealkylation sites (tertiary alicyclic amines) is 1. The lowest BCUT2D eigenvalue weighted by Crippen LogP contribution is -2.40. The maximum Gasteiger partial charge on any atom is 0.227 e. The van der Waals surface area contributed by atoms with E-state index in [1.807, 2.05) is 24.3 Å². The highest BCUT2D eigenvalue weighted by Crippen LogP contribution is 2.32. The zero-order chi connectivity index (χ0) is 16.9. The highest BCUT2D eigenvalue weighted by Gasteiger charge is 2.30. The molecule has 5 heteroatoms. The van der Waals surface area contributed by atoms with E-state index in [0.29, 0.717) is 18.0 Å². The summed E-state index contributed by atoms with van der Waals surface area (Å²) in [4.78, 5) is 14.2. The molecule has 1 saturated carbocycles. The van der Waals surface area contributed by atoms with Crippen LogP contribution in [0.4, 0.5) is 5.69 Å². The number of nitrogens with zero attached hydrogens (tertiary/aromatic N) is 1. The van der Waals surface area contributed by atoms with Crippen LogP contribution in [0.3, 0.4) is 0 Å². The molecule has 2 aliphatic rings. The Bertz CT molecular complexity index is 551. The minimum absolute atomic E-state index is 0.0639. The first-order chi connectivity index (χ1) is 11.6. The van der Waals surface area contributed by atoms with Crippen molar-refractivity contribution in [2.75, 3.05) is 31.6 Å². The molecular formula is C19H28N2O3. The maximum absolute atomic E-state index is 11.9. The summed E-state index contributed by atoms with van der Waals surface area (Å²) in [6.07, 6.45) is 3.82. The number of amides is 1. The van der Waals surface area contributed by atoms with Gasteiger partial charge in [0.2, 0.25) is 5.91 Å². The Morgan fingerprint density at radius 3 is 2.71 bits per heavy atom. The molecule has 0 bridgehead atoms. The Hall–Kier alpha value is -1.59. The zero-order valence-corrected chi connectivity index (χ0v) is 14.4. The lowest BCUT2D eigenvalue weighted by atomic mass is 9.99. The Morgan fingerprint density at radius 2 is 2.00 bits per heavy atom. The summed E-state index contributed by atoms with van der Waals surface area (Å²) in [7, 11) is 0. The van der Waals surface area contributed by atoms with Gasteiger partial charge in [0.05, 0.1) is 5.69 Å². The molecule has 0 aromatic heterocycles. The fraction of sp³-hybridized carbons (Fsp3) is 0.632. The average Bonchev–Trinajstić information content (AvgIpc) is 3.41. The molecule has 5 nitrogen and oxygen atoms in total. The van der Waals surface area contributed by atoms with Crippen LogP contribution in [0.2, 0.25) is 0 Å². The van der Waals surface area contributed by atoms with Gasteiger partial charge in [-0.15, -0.1) is 0 Å². The third-order valence-corrected chi connectivity index (χ3v) is 4.87. The Labute approximate surface area is 144 Å². The van der Waals surface area contributed by atoms with Crippen molar-refractivity contribution in [1.29, 1.82) is 0 Å². The van der Waals surface area contributed by atoms with Gasteiger partial charge in [-0.2, -0.15) is 0 Å². The van der Waals surface area contributed by atoms with Gasteiger partial charge in [0.1, 0.15) is 18.5 Å². The standard InChI is InChI=1S/C19H28N2O3/c1-14-8-10-21(11-9-14)12-16(22)13-24-18-5-3-2-4-17(18)20-19(23)15-6-7-15/h2-5,14-16,22H,6-13H2,1H3,(H,20,23)/t16-/m0/s1. The molecule has 1 aromatic carbocycles. The van der Waals surface area contributed by atoms with Crippen molar-refractivity contribution in [3.63, 3.8) is 0 Å². The third kappa shape index (κ3) is 4.95. The second kappa shape index (κ2) is 7.99. The molecule has 1 aliphatic heterocycles. The van der Waals surface area contributed by atoms with Crippen molar-refractivity contribution >= 4 is 11.6 Å². The number of hydrogen-bond acceptors (Lipinski definition) is 4. The van der Waals surface area contributed by atoms with E-state index in [1.165, 1.54) is 12.8 Å². The molecule has 0 unspecified atom stereocenters. The topological polar surface area (TPSA) is 61.8 Å². The monoisotopic (exact) mass is 332 g/mol. The van der Waals surface area contributed by atoms with Crippen molar-refractivity contribution in [2.24, 2.45) is 11.8 Å². The SMILES string of the molecule is CC1CCN(C[C@H](O)COc2ccccc2NC(=O)C2CC2)CC1. The molecule has 1 aliphatic carbocycles. The number of aliphatic hydroxyl groups is 1. The minimum atomic E-state index is -0.523. The second-order valence-electron chi connectivity index (χ2n) is 7.21. The molecule has 2 N–H and O–H groups in total. The van der Waals surface area contributed by atoms with Crippen LogP contribution in [0.5, 0.6) is 5.75 Å². The van der Waals surface area contributed by atoms with E-state index in [-0.39, 0.29) is 18.4 Å². The number of piperidine rings is 1. The van der Waals surface area contributed by atoms with E-state index in [1.54, 1.807) is 0 Å². The molecule has 2 fully saturated rings. The molecule has 1 aromatic rings. The van der Waals surface area contributed by atoms with Crippen LogP contribution in [-0.2, 0) is 4.79 Å². The van der Waals surface area contributed by atoms with Crippen LogP contribution >= 0.6 is 0 Å². The Balaban J connectivity index is 1.47. The molecule has 132 valence electrons. The van der Waals surface area contributed by atoms with Gasteiger partial charge in [0.15, 0.2) is 0 Å². The summed E-state index contributed by atoms with van der Waals surface area (Å²) in [6.45, 7) is 5.26. The van der Waals surface area contributed by atoms with Gasteiger partial charge in [-0.3, -0.25) is 4.79 Å². The number of anilines is 1. The summed E-state index contributed by atoms with van der Waals surface area (Å²) in [6, 6.07) is 7.42. The molecule has 0 spiro atoms. The van der Waals surface area contributed by atoms with E-state index >= 15 is 0 Å². The fourth-order valence-electron chi connectivity index (χ4n) is 3.06. The number of β-amino-alcohol motifs (C(OH)–C–C–N with tert-alkyl or cyclic N) is 1. The Kier molecular flexibility index (Phi) is 5.74. The number of aliphatic hydroxyl groups excluding tert-OH is 1. The van der Waals surface area contributed by atoms with E-state index in [4.69, 9.17) is 4.74 Å². The van der Waals surface area contributed by atoms with Crippen molar-refractivity contribution in [2.45, 2.75) is 38.7 Å². The summed E-state index contributed by atoms with van der Waals surface area (Å²) in [5, 5.41) is 13.2. The van der Waals surface area contributed by atoms with Gasteiger partial charge in [0, 0.05) is 12.5 Å². The first-order valence-electron chi connectivity index (χ1n) is 9.05. The van der Waals surface area contributed by atoms with Crippen molar-refractivity contribution in [3.8, 4) is 5.75 Å². The van der Waals surface area contributed by atoms with Crippen molar-refractivity contribution < 1.29 is 14.6 Å². The molecular weight excluding hydrogens is 304 g/mol. The van der Waals surface area contributed by atoms with Crippen LogP contribution in [0.1, 0.15) is 32.6 Å². The molecule has 1 heterocycles. The quantitative estimate of drug-likeness (QED) is 0.805. The van der Waals surface area contributed by atoms with Gasteiger partial charge < -0.3 is 20.1 Å². The number of benzene rings is 1. The molecule has 1 atom stereocenters. The first kappa shape index (κ1) is 17.2. The van der Waals surface area contributed by atoms with Gasteiger partial charge in [-0.1, -0.05) is 19.1 Å². The molecule has 24 heavy (non-hydrogen) atoms. The van der Waals surface area contributed by atoms with Crippen molar-refractivity contribution in [3.05, 3.63) is 24.3 Å². The van der Waals surface area contributed by atoms with Crippen LogP contribution < -0.4 is 10.1 Å². The lowest BCUT2D eigenvalue weighted by molar-refractivity contribution is -0.117. The van der Waals surface area contributed by atoms with E-state index in [2.05, 4.69) is 17.1 Å². The van der Waals surface area contributed by atoms with E-state index < -0.39 is 6.10 Å². The lowest BCUT2D eigenvalue weighted by Gasteiger charge is -2.31. The highest BCUT2D eigenvalue weighted by molar-refractivity contribution is 5.95. The molecule has 1 amide bonds. The number of rotatable bonds is 7. The van der Waals surface area contributed by atoms with Crippen LogP contribution in [0, 0.1) is 11.8 Å². The number of ether oxygens (including phenoxy) is 1. The van der Waals surface area contributed by atoms with Crippen molar-refractivity contribution in [1.82, 2.24) is 4.90 Å². The van der Waals surface area contributed by atoms with Crippen LogP contribution in [0.15, 0.2) is 24.3 Å². The van der Waals surface area contributed by atoms with Gasteiger partial charge >= 0.3 is 0 Å². The Morgan fingerprint density at radius 1 is 1.29 bits per heavy atom. The zero-order valence-electron chi connectivity index (χ0n) is 14.4. The number of carbonyl (C=O) groups excluding carboxylic acids is 1. The fourth-order valence-corrected chi connectivity index (χ4v) is 3.06. The molecule has 1 saturated heterocycles. The van der Waals surface area contributed by atoms with Gasteiger partial charge in [-0.05, 0) is 56.8 Å². The summed E-state index contributed by atoms with van der Waals surface area (Å²) >= 11 is 0. The number of nitrogens with one attached hydrogen (secondary N) is 1. The van der Waals surface area contributed by atoms with Gasteiger partial charge in [-0.25, -0.2) is 0 Å². The highest BCUT2D eigenvalue weighted by atomic mass is 16.5. The number of carbonyl (C=O) groups is 1. The summed E-state index contributed by atoms with van der Waals surface area (Å²) in [5.74, 6) is 1.63. The molecule has 3 rings (SSSR count). The number of para-hydroxylation sites is 2. The summed E-state index contributed by atoms with van der Waals surface area (Å²) in [5.41, 5.74) is 0.688. The first-order valence-corrected chi connectivity index (χ1v) is 9.05. The normalized spacial score (nSPS) is 20.6. The smallest absolute Gasteiger partial charge is 0.227 e. The van der Waals surface area contributed by atoms with Crippen LogP contribution in [-0.4, -0.2) is 48.3 Å². The molecule has 0 radical (unpaired) electrons. The third-order valence-electron chi connectivity index (χ3n) is 4.87. The van der Waals surface area contributed by atoms with Crippen LogP contribution in [0.25, 0.3) is 0 Å². The predicted octanol–water partition coefficient (Wildman–Crippen LogP) is 2.51. The summed E-state index contributed by atoms with van der Waals surface area (Å²) < 4.78 is 5.77. The number of hydrogen-bond donors (Lipinski definition) is 2. The van der Waals surface area contributed by atoms with Gasteiger partial charge in [0.25, 0.3) is 0 Å².